The maximum atomic E-state index is 13.5. The highest BCUT2D eigenvalue weighted by Gasteiger charge is 2.53. The molecule has 1 heterocycles. The van der Waals surface area contributed by atoms with Crippen LogP contribution < -0.4 is 5.73 Å². The molecule has 0 saturated carbocycles. The summed E-state index contributed by atoms with van der Waals surface area (Å²) in [7, 11) is 2.19. The van der Waals surface area contributed by atoms with E-state index < -0.39 is 23.0 Å². The number of halogens is 2. The van der Waals surface area contributed by atoms with Crippen molar-refractivity contribution in [1.29, 1.82) is 0 Å². The SMILES string of the molecule is C[N+]1(CCCSc2cc(F)cc(F)c2)CC[C@@H]([C@](C(N)=O)(c2ccccc2)c2ccc(O)cc2)C1. The van der Waals surface area contributed by atoms with Gasteiger partial charge in [0.1, 0.15) is 22.8 Å². The van der Waals surface area contributed by atoms with Gasteiger partial charge in [0.2, 0.25) is 5.91 Å². The molecule has 0 radical (unpaired) electrons. The molecule has 1 fully saturated rings. The highest BCUT2D eigenvalue weighted by atomic mass is 32.2. The average molecular weight is 498 g/mol. The van der Waals surface area contributed by atoms with E-state index in [0.29, 0.717) is 4.90 Å². The average Bonchev–Trinajstić information content (AvgIpc) is 3.20. The van der Waals surface area contributed by atoms with Crippen LogP contribution in [0.4, 0.5) is 8.78 Å². The highest BCUT2D eigenvalue weighted by Crippen LogP contribution is 2.45. The second-order valence-electron chi connectivity index (χ2n) is 9.63. The fourth-order valence-corrected chi connectivity index (χ4v) is 6.44. The molecule has 7 heteroatoms. The van der Waals surface area contributed by atoms with Gasteiger partial charge in [0.05, 0.1) is 26.7 Å². The van der Waals surface area contributed by atoms with E-state index in [1.54, 1.807) is 24.3 Å². The van der Waals surface area contributed by atoms with Crippen LogP contribution in [0.1, 0.15) is 24.0 Å². The Kier molecular flexibility index (Phi) is 7.47. The molecule has 0 aliphatic carbocycles. The Morgan fingerprint density at radius 2 is 1.69 bits per heavy atom. The maximum absolute atomic E-state index is 13.5. The third kappa shape index (κ3) is 5.36. The summed E-state index contributed by atoms with van der Waals surface area (Å²) in [6, 6.07) is 20.1. The third-order valence-corrected chi connectivity index (χ3v) is 8.24. The molecule has 1 amide bonds. The standard InChI is InChI=1S/C28H30F2N2O2S/c1-32(13-5-15-35-26-17-23(29)16-24(30)18-26)14-12-22(19-32)28(27(31)34,20-6-3-2-4-7-20)21-8-10-25(33)11-9-21/h2-4,6-11,16-18,22H,5,12-15,19H2,1H3,(H2-,31,33,34)/p+1/t22-,28+,32?/m1/s1. The van der Waals surface area contributed by atoms with Gasteiger partial charge in [-0.25, -0.2) is 8.78 Å². The Bertz CT molecular complexity index is 1160. The number of rotatable bonds is 9. The monoisotopic (exact) mass is 497 g/mol. The van der Waals surface area contributed by atoms with Crippen LogP contribution in [0.15, 0.2) is 77.7 Å². The van der Waals surface area contributed by atoms with E-state index in [-0.39, 0.29) is 11.7 Å². The number of carbonyl (C=O) groups excluding carboxylic acids is 1. The molecule has 3 aromatic carbocycles. The zero-order valence-electron chi connectivity index (χ0n) is 19.8. The Balaban J connectivity index is 1.53. The smallest absolute Gasteiger partial charge is 0.233 e. The first-order valence-electron chi connectivity index (χ1n) is 11.8. The minimum Gasteiger partial charge on any atom is -0.508 e. The Morgan fingerprint density at radius 1 is 1.06 bits per heavy atom. The van der Waals surface area contributed by atoms with E-state index in [1.807, 2.05) is 30.3 Å². The summed E-state index contributed by atoms with van der Waals surface area (Å²) in [5.41, 5.74) is 6.83. The van der Waals surface area contributed by atoms with E-state index in [9.17, 15) is 18.7 Å². The second-order valence-corrected chi connectivity index (χ2v) is 10.8. The normalized spacial score (nSPS) is 21.5. The van der Waals surface area contributed by atoms with Gasteiger partial charge in [-0.3, -0.25) is 4.79 Å². The largest absolute Gasteiger partial charge is 0.508 e. The minimum atomic E-state index is -1.00. The molecule has 0 aromatic heterocycles. The van der Waals surface area contributed by atoms with Gasteiger partial charge in [0.15, 0.2) is 0 Å². The van der Waals surface area contributed by atoms with E-state index in [4.69, 9.17) is 5.73 Å². The van der Waals surface area contributed by atoms with Crippen LogP contribution in [0.25, 0.3) is 0 Å². The highest BCUT2D eigenvalue weighted by molar-refractivity contribution is 7.99. The number of phenols is 1. The molecule has 3 N–H and O–H groups in total. The van der Waals surface area contributed by atoms with Crippen molar-refractivity contribution in [2.24, 2.45) is 11.7 Å². The van der Waals surface area contributed by atoms with Crippen molar-refractivity contribution in [2.75, 3.05) is 32.4 Å². The van der Waals surface area contributed by atoms with Gasteiger partial charge < -0.3 is 15.3 Å². The molecule has 3 aromatic rings. The summed E-state index contributed by atoms with van der Waals surface area (Å²) in [5, 5.41) is 9.85. The third-order valence-electron chi connectivity index (χ3n) is 7.18. The van der Waals surface area contributed by atoms with E-state index in [0.717, 1.165) is 59.9 Å². The van der Waals surface area contributed by atoms with Crippen LogP contribution in [-0.2, 0) is 10.2 Å². The second kappa shape index (κ2) is 10.4. The lowest BCUT2D eigenvalue weighted by Gasteiger charge is -2.38. The van der Waals surface area contributed by atoms with Gasteiger partial charge in [0.25, 0.3) is 0 Å². The lowest BCUT2D eigenvalue weighted by molar-refractivity contribution is -0.899. The number of carbonyl (C=O) groups is 1. The summed E-state index contributed by atoms with van der Waals surface area (Å²) >= 11 is 1.45. The number of thioether (sulfide) groups is 1. The molecule has 1 unspecified atom stereocenters. The van der Waals surface area contributed by atoms with Crippen LogP contribution in [0.5, 0.6) is 5.75 Å². The number of amides is 1. The fourth-order valence-electron chi connectivity index (χ4n) is 5.54. The molecule has 0 spiro atoms. The number of primary amides is 1. The lowest BCUT2D eigenvalue weighted by Crippen LogP contribution is -2.51. The number of hydrogen-bond acceptors (Lipinski definition) is 3. The summed E-state index contributed by atoms with van der Waals surface area (Å²) in [4.78, 5) is 13.9. The van der Waals surface area contributed by atoms with E-state index in [1.165, 1.54) is 23.9 Å². The predicted molar refractivity (Wildman–Crippen MR) is 135 cm³/mol. The summed E-state index contributed by atoms with van der Waals surface area (Å²) in [5.74, 6) is -0.640. The molecule has 35 heavy (non-hydrogen) atoms. The first kappa shape index (κ1) is 25.2. The number of quaternary nitrogens is 1. The first-order chi connectivity index (χ1) is 16.7. The molecular formula is C28H31F2N2O2S+. The topological polar surface area (TPSA) is 63.3 Å². The zero-order chi connectivity index (χ0) is 25.1. The quantitative estimate of drug-likeness (QED) is 0.246. The lowest BCUT2D eigenvalue weighted by atomic mass is 9.64. The molecule has 1 aliphatic heterocycles. The van der Waals surface area contributed by atoms with Crippen molar-refractivity contribution < 1.29 is 23.2 Å². The van der Waals surface area contributed by atoms with Crippen LogP contribution in [0.2, 0.25) is 0 Å². The van der Waals surface area contributed by atoms with Gasteiger partial charge in [-0.1, -0.05) is 42.5 Å². The summed E-state index contributed by atoms with van der Waals surface area (Å²) in [6.07, 6.45) is 1.71. The summed E-state index contributed by atoms with van der Waals surface area (Å²) in [6.45, 7) is 2.57. The molecule has 0 bridgehead atoms. The molecule has 4 nitrogen and oxygen atoms in total. The van der Waals surface area contributed by atoms with Crippen LogP contribution in [0, 0.1) is 17.6 Å². The van der Waals surface area contributed by atoms with Crippen molar-refractivity contribution in [1.82, 2.24) is 0 Å². The number of likely N-dealkylation sites (tertiary alicyclic amines) is 1. The van der Waals surface area contributed by atoms with Crippen molar-refractivity contribution in [3.05, 3.63) is 95.6 Å². The van der Waals surface area contributed by atoms with Crippen molar-refractivity contribution in [2.45, 2.75) is 23.2 Å². The van der Waals surface area contributed by atoms with E-state index in [2.05, 4.69) is 7.05 Å². The minimum absolute atomic E-state index is 0.0121. The first-order valence-corrected chi connectivity index (χ1v) is 12.8. The number of nitrogens with zero attached hydrogens (tertiary/aromatic N) is 1. The maximum Gasteiger partial charge on any atom is 0.233 e. The predicted octanol–water partition coefficient (Wildman–Crippen LogP) is 5.09. The van der Waals surface area contributed by atoms with Gasteiger partial charge >= 0.3 is 0 Å². The molecule has 3 atom stereocenters. The van der Waals surface area contributed by atoms with Crippen LogP contribution >= 0.6 is 11.8 Å². The van der Waals surface area contributed by atoms with Gasteiger partial charge in [-0.15, -0.1) is 11.8 Å². The van der Waals surface area contributed by atoms with Gasteiger partial charge in [-0.05, 0) is 35.4 Å². The van der Waals surface area contributed by atoms with Gasteiger partial charge in [0, 0.05) is 35.5 Å². The zero-order valence-corrected chi connectivity index (χ0v) is 20.6. The van der Waals surface area contributed by atoms with Crippen molar-refractivity contribution in [3.8, 4) is 5.75 Å². The number of phenolic OH excluding ortho intramolecular Hbond substituents is 1. The summed E-state index contributed by atoms with van der Waals surface area (Å²) < 4.78 is 27.7. The molecule has 4 rings (SSSR count). The van der Waals surface area contributed by atoms with E-state index >= 15 is 0 Å². The Morgan fingerprint density at radius 3 is 2.31 bits per heavy atom. The van der Waals surface area contributed by atoms with Crippen molar-refractivity contribution >= 4 is 17.7 Å². The van der Waals surface area contributed by atoms with Crippen LogP contribution in [-0.4, -0.2) is 47.9 Å². The molecule has 1 saturated heterocycles. The molecule has 184 valence electrons. The number of nitrogens with two attached hydrogens (primary N) is 1. The Hall–Kier alpha value is -2.90. The fraction of sp³-hybridized carbons (Fsp3) is 0.321. The van der Waals surface area contributed by atoms with Crippen molar-refractivity contribution in [3.63, 3.8) is 0 Å². The number of hydrogen-bond donors (Lipinski definition) is 2. The molecule has 1 aliphatic rings. The number of aromatic hydroxyl groups is 1. The Labute approximate surface area is 209 Å². The van der Waals surface area contributed by atoms with Gasteiger partial charge in [-0.2, -0.15) is 0 Å². The van der Waals surface area contributed by atoms with Crippen LogP contribution in [0.3, 0.4) is 0 Å². The number of benzene rings is 3. The molecular weight excluding hydrogens is 466 g/mol.